The zero-order chi connectivity index (χ0) is 15.1. The molecule has 0 fully saturated rings. The smallest absolute Gasteiger partial charge is 0.251 e. The van der Waals surface area contributed by atoms with Gasteiger partial charge in [-0.2, -0.15) is 5.10 Å². The molecule has 0 aliphatic heterocycles. The number of halogens is 2. The highest BCUT2D eigenvalue weighted by Gasteiger charge is 2.16. The minimum Gasteiger partial charge on any atom is -0.396 e. The van der Waals surface area contributed by atoms with Crippen LogP contribution in [0, 0.1) is 13.8 Å². The second-order valence-electron chi connectivity index (χ2n) is 4.57. The minimum atomic E-state index is 0.475. The molecule has 0 bridgehead atoms. The van der Waals surface area contributed by atoms with Gasteiger partial charge in [0.05, 0.1) is 16.2 Å². The van der Waals surface area contributed by atoms with Crippen LogP contribution >= 0.6 is 34.5 Å². The van der Waals surface area contributed by atoms with E-state index in [1.807, 2.05) is 19.9 Å². The summed E-state index contributed by atoms with van der Waals surface area (Å²) < 4.78 is 2.69. The van der Waals surface area contributed by atoms with Crippen molar-refractivity contribution in [3.63, 3.8) is 0 Å². The van der Waals surface area contributed by atoms with Crippen molar-refractivity contribution < 1.29 is 0 Å². The number of rotatable bonds is 2. The predicted octanol–water partition coefficient (Wildman–Crippen LogP) is 3.90. The summed E-state index contributed by atoms with van der Waals surface area (Å²) in [5, 5.41) is 4.44. The Kier molecular flexibility index (Phi) is 3.61. The average molecular weight is 340 g/mol. The van der Waals surface area contributed by atoms with Crippen LogP contribution in [0.1, 0.15) is 11.4 Å². The maximum atomic E-state index is 6.16. The summed E-state index contributed by atoms with van der Waals surface area (Å²) >= 11 is 13.4. The highest BCUT2D eigenvalue weighted by Crippen LogP contribution is 2.39. The normalized spacial score (nSPS) is 11.0. The molecule has 8 heteroatoms. The standard InChI is InChI=1S/C13H11Cl2N5S/c1-6-3-7(2)18-13(17-6)20-5-9(16)11(19-20)8-4-10(14)21-12(8)15/h3-5H,16H2,1-2H3. The molecular formula is C13H11Cl2N5S. The van der Waals surface area contributed by atoms with Crippen molar-refractivity contribution in [1.82, 2.24) is 19.7 Å². The molecule has 0 aliphatic carbocycles. The lowest BCUT2D eigenvalue weighted by Crippen LogP contribution is -2.04. The molecule has 0 atom stereocenters. The number of hydrogen-bond acceptors (Lipinski definition) is 5. The van der Waals surface area contributed by atoms with Gasteiger partial charge in [-0.1, -0.05) is 23.2 Å². The zero-order valence-electron chi connectivity index (χ0n) is 11.3. The van der Waals surface area contributed by atoms with Gasteiger partial charge in [0, 0.05) is 17.0 Å². The minimum absolute atomic E-state index is 0.475. The first-order chi connectivity index (χ1) is 9.94. The van der Waals surface area contributed by atoms with Crippen molar-refractivity contribution in [2.24, 2.45) is 0 Å². The monoisotopic (exact) mass is 339 g/mol. The molecule has 0 saturated heterocycles. The molecule has 3 aromatic rings. The summed E-state index contributed by atoms with van der Waals surface area (Å²) in [7, 11) is 0. The van der Waals surface area contributed by atoms with Gasteiger partial charge >= 0.3 is 0 Å². The van der Waals surface area contributed by atoms with Crippen molar-refractivity contribution in [3.8, 4) is 17.2 Å². The van der Waals surface area contributed by atoms with Crippen LogP contribution in [0.15, 0.2) is 18.3 Å². The second kappa shape index (κ2) is 5.29. The molecule has 0 unspecified atom stereocenters. The largest absolute Gasteiger partial charge is 0.396 e. The van der Waals surface area contributed by atoms with E-state index in [2.05, 4.69) is 15.1 Å². The van der Waals surface area contributed by atoms with Gasteiger partial charge in [-0.15, -0.1) is 11.3 Å². The molecule has 0 spiro atoms. The number of aromatic nitrogens is 4. The molecule has 0 radical (unpaired) electrons. The number of thiophene rings is 1. The van der Waals surface area contributed by atoms with E-state index < -0.39 is 0 Å². The van der Waals surface area contributed by atoms with Crippen LogP contribution in [0.4, 0.5) is 5.69 Å². The third kappa shape index (κ3) is 2.74. The first-order valence-corrected chi connectivity index (χ1v) is 7.64. The maximum absolute atomic E-state index is 6.16. The molecule has 0 saturated carbocycles. The Hall–Kier alpha value is -1.63. The Balaban J connectivity index is 2.11. The van der Waals surface area contributed by atoms with Crippen LogP contribution in [0.3, 0.4) is 0 Å². The Morgan fingerprint density at radius 3 is 2.38 bits per heavy atom. The van der Waals surface area contributed by atoms with Crippen molar-refractivity contribution >= 4 is 40.2 Å². The molecule has 5 nitrogen and oxygen atoms in total. The second-order valence-corrected chi connectivity index (χ2v) is 6.85. The first kappa shape index (κ1) is 14.3. The van der Waals surface area contributed by atoms with E-state index in [1.54, 1.807) is 16.9 Å². The summed E-state index contributed by atoms with van der Waals surface area (Å²) in [5.74, 6) is 0.475. The third-order valence-corrected chi connectivity index (χ3v) is 4.32. The zero-order valence-corrected chi connectivity index (χ0v) is 13.6. The third-order valence-electron chi connectivity index (χ3n) is 2.83. The average Bonchev–Trinajstić information content (AvgIpc) is 2.91. The quantitative estimate of drug-likeness (QED) is 0.768. The molecule has 0 amide bonds. The summed E-state index contributed by atoms with van der Waals surface area (Å²) in [6, 6.07) is 3.65. The van der Waals surface area contributed by atoms with E-state index >= 15 is 0 Å². The van der Waals surface area contributed by atoms with Crippen molar-refractivity contribution in [2.45, 2.75) is 13.8 Å². The molecule has 3 rings (SSSR count). The lowest BCUT2D eigenvalue weighted by Gasteiger charge is -2.02. The summed E-state index contributed by atoms with van der Waals surface area (Å²) in [5.41, 5.74) is 9.54. The van der Waals surface area contributed by atoms with Gasteiger partial charge in [0.1, 0.15) is 10.0 Å². The van der Waals surface area contributed by atoms with Gasteiger partial charge in [-0.25, -0.2) is 14.6 Å². The van der Waals surface area contributed by atoms with E-state index in [0.717, 1.165) is 11.4 Å². The predicted molar refractivity (Wildman–Crippen MR) is 86.4 cm³/mol. The lowest BCUT2D eigenvalue weighted by atomic mass is 10.2. The summed E-state index contributed by atoms with van der Waals surface area (Å²) in [4.78, 5) is 8.71. The highest BCUT2D eigenvalue weighted by atomic mass is 35.5. The van der Waals surface area contributed by atoms with E-state index in [9.17, 15) is 0 Å². The number of nitrogens with two attached hydrogens (primary N) is 1. The Morgan fingerprint density at radius 1 is 1.14 bits per heavy atom. The summed E-state index contributed by atoms with van der Waals surface area (Å²) in [6.07, 6.45) is 1.67. The van der Waals surface area contributed by atoms with Crippen LogP contribution in [-0.4, -0.2) is 19.7 Å². The molecule has 3 heterocycles. The molecule has 0 aromatic carbocycles. The fraction of sp³-hybridized carbons (Fsp3) is 0.154. The van der Waals surface area contributed by atoms with Crippen molar-refractivity contribution in [2.75, 3.05) is 5.73 Å². The number of nitrogens with zero attached hydrogens (tertiary/aromatic N) is 4. The highest BCUT2D eigenvalue weighted by molar-refractivity contribution is 7.20. The Labute approximate surface area is 135 Å². The fourth-order valence-electron chi connectivity index (χ4n) is 2.01. The Bertz CT molecular complexity index is 804. The Morgan fingerprint density at radius 2 is 1.81 bits per heavy atom. The molecule has 2 N–H and O–H groups in total. The van der Waals surface area contributed by atoms with Gasteiger partial charge in [0.2, 0.25) is 0 Å². The maximum Gasteiger partial charge on any atom is 0.251 e. The van der Waals surface area contributed by atoms with Crippen LogP contribution in [0.5, 0.6) is 0 Å². The topological polar surface area (TPSA) is 69.6 Å². The van der Waals surface area contributed by atoms with E-state index in [1.165, 1.54) is 11.3 Å². The van der Waals surface area contributed by atoms with Gasteiger partial charge in [-0.05, 0) is 26.0 Å². The van der Waals surface area contributed by atoms with Crippen molar-refractivity contribution in [3.05, 3.63) is 38.4 Å². The van der Waals surface area contributed by atoms with Gasteiger partial charge in [0.25, 0.3) is 5.95 Å². The number of anilines is 1. The SMILES string of the molecule is Cc1cc(C)nc(-n2cc(N)c(-c3cc(Cl)sc3Cl)n2)n1. The lowest BCUT2D eigenvalue weighted by molar-refractivity contribution is 0.796. The van der Waals surface area contributed by atoms with Crippen molar-refractivity contribution in [1.29, 1.82) is 0 Å². The van der Waals surface area contributed by atoms with Gasteiger partial charge < -0.3 is 5.73 Å². The number of nitrogen functional groups attached to an aromatic ring is 1. The van der Waals surface area contributed by atoms with Gasteiger partial charge in [-0.3, -0.25) is 0 Å². The fourth-order valence-corrected chi connectivity index (χ4v) is 3.48. The molecule has 108 valence electrons. The molecule has 0 aliphatic rings. The van der Waals surface area contributed by atoms with Crippen LogP contribution in [0.2, 0.25) is 8.67 Å². The molecule has 3 aromatic heterocycles. The van der Waals surface area contributed by atoms with Gasteiger partial charge in [0.15, 0.2) is 0 Å². The molecule has 21 heavy (non-hydrogen) atoms. The van der Waals surface area contributed by atoms with E-state index in [0.29, 0.717) is 31.6 Å². The van der Waals surface area contributed by atoms with Crippen LogP contribution < -0.4 is 5.73 Å². The van der Waals surface area contributed by atoms with E-state index in [-0.39, 0.29) is 0 Å². The number of aryl methyl sites for hydroxylation is 2. The summed E-state index contributed by atoms with van der Waals surface area (Å²) in [6.45, 7) is 3.81. The molecular weight excluding hydrogens is 329 g/mol. The van der Waals surface area contributed by atoms with Crippen LogP contribution in [0.25, 0.3) is 17.2 Å². The first-order valence-electron chi connectivity index (χ1n) is 6.07. The number of hydrogen-bond donors (Lipinski definition) is 1. The van der Waals surface area contributed by atoms with Crippen LogP contribution in [-0.2, 0) is 0 Å². The van der Waals surface area contributed by atoms with E-state index in [4.69, 9.17) is 28.9 Å².